The number of benzene rings is 1. The molecule has 27 heavy (non-hydrogen) atoms. The molecule has 2 N–H and O–H groups in total. The Bertz CT molecular complexity index is 1020. The smallest absolute Gasteiger partial charge is 0.263 e. The van der Waals surface area contributed by atoms with E-state index < -0.39 is 10.0 Å². The molecule has 0 aliphatic carbocycles. The van der Waals surface area contributed by atoms with E-state index in [0.29, 0.717) is 15.9 Å². The predicted molar refractivity (Wildman–Crippen MR) is 103 cm³/mol. The molecule has 2 aromatic heterocycles. The lowest BCUT2D eigenvalue weighted by Crippen LogP contribution is -2.15. The third kappa shape index (κ3) is 5.45. The SMILES string of the molecule is Cc1nnc(NS(=O)(=O)c2ccc(NC(=O)CSc3ncccn3)cc2)s1. The second-order valence-corrected chi connectivity index (χ2v) is 8.93. The highest BCUT2D eigenvalue weighted by Gasteiger charge is 2.16. The van der Waals surface area contributed by atoms with Crippen LogP contribution >= 0.6 is 23.1 Å². The minimum atomic E-state index is -3.77. The lowest BCUT2D eigenvalue weighted by Gasteiger charge is -2.07. The molecular formula is C15H14N6O3S3. The fraction of sp³-hybridized carbons (Fsp3) is 0.133. The maximum absolute atomic E-state index is 12.3. The molecule has 12 heteroatoms. The van der Waals surface area contributed by atoms with Gasteiger partial charge in [-0.25, -0.2) is 18.4 Å². The Balaban J connectivity index is 1.58. The zero-order valence-corrected chi connectivity index (χ0v) is 16.4. The molecule has 140 valence electrons. The van der Waals surface area contributed by atoms with Crippen molar-refractivity contribution in [3.8, 4) is 0 Å². The van der Waals surface area contributed by atoms with Gasteiger partial charge in [-0.05, 0) is 37.3 Å². The van der Waals surface area contributed by atoms with Gasteiger partial charge >= 0.3 is 0 Å². The summed E-state index contributed by atoms with van der Waals surface area (Å²) >= 11 is 2.35. The Morgan fingerprint density at radius 1 is 1.15 bits per heavy atom. The molecule has 0 aliphatic rings. The summed E-state index contributed by atoms with van der Waals surface area (Å²) in [5, 5.41) is 11.6. The molecule has 9 nitrogen and oxygen atoms in total. The van der Waals surface area contributed by atoms with Crippen LogP contribution in [0.15, 0.2) is 52.8 Å². The summed E-state index contributed by atoms with van der Waals surface area (Å²) in [6, 6.07) is 7.53. The van der Waals surface area contributed by atoms with Crippen LogP contribution in [-0.2, 0) is 14.8 Å². The maximum atomic E-state index is 12.3. The maximum Gasteiger partial charge on any atom is 0.263 e. The van der Waals surface area contributed by atoms with E-state index in [0.717, 1.165) is 11.3 Å². The van der Waals surface area contributed by atoms with Gasteiger partial charge in [-0.2, -0.15) is 0 Å². The van der Waals surface area contributed by atoms with Crippen LogP contribution < -0.4 is 10.0 Å². The molecule has 0 radical (unpaired) electrons. The van der Waals surface area contributed by atoms with Crippen molar-refractivity contribution in [2.24, 2.45) is 0 Å². The molecule has 1 aromatic carbocycles. The van der Waals surface area contributed by atoms with Gasteiger partial charge in [-0.1, -0.05) is 23.1 Å². The predicted octanol–water partition coefficient (Wildman–Crippen LogP) is 2.17. The molecule has 0 bridgehead atoms. The van der Waals surface area contributed by atoms with Gasteiger partial charge in [0.1, 0.15) is 5.01 Å². The molecule has 0 unspecified atom stereocenters. The van der Waals surface area contributed by atoms with Gasteiger partial charge in [0.15, 0.2) is 5.16 Å². The summed E-state index contributed by atoms with van der Waals surface area (Å²) in [4.78, 5) is 20.1. The van der Waals surface area contributed by atoms with Crippen molar-refractivity contribution >= 4 is 49.8 Å². The quantitative estimate of drug-likeness (QED) is 0.438. The largest absolute Gasteiger partial charge is 0.325 e. The molecular weight excluding hydrogens is 408 g/mol. The van der Waals surface area contributed by atoms with Gasteiger partial charge in [-0.15, -0.1) is 10.2 Å². The molecule has 0 saturated carbocycles. The Labute approximate surface area is 163 Å². The number of carbonyl (C=O) groups excluding carboxylic acids is 1. The number of sulfonamides is 1. The van der Waals surface area contributed by atoms with Crippen LogP contribution in [0.5, 0.6) is 0 Å². The second kappa shape index (κ2) is 8.41. The van der Waals surface area contributed by atoms with Gasteiger partial charge in [0.05, 0.1) is 10.6 Å². The Morgan fingerprint density at radius 2 is 1.85 bits per heavy atom. The van der Waals surface area contributed by atoms with E-state index in [2.05, 4.69) is 30.2 Å². The summed E-state index contributed by atoms with van der Waals surface area (Å²) in [7, 11) is -3.77. The third-order valence-electron chi connectivity index (χ3n) is 3.07. The highest BCUT2D eigenvalue weighted by molar-refractivity contribution is 7.99. The Morgan fingerprint density at radius 3 is 2.48 bits per heavy atom. The van der Waals surface area contributed by atoms with Crippen LogP contribution in [0.2, 0.25) is 0 Å². The number of anilines is 2. The minimum Gasteiger partial charge on any atom is -0.325 e. The van der Waals surface area contributed by atoms with Crippen molar-refractivity contribution in [2.75, 3.05) is 15.8 Å². The van der Waals surface area contributed by atoms with Gasteiger partial charge < -0.3 is 5.32 Å². The number of nitrogens with one attached hydrogen (secondary N) is 2. The van der Waals surface area contributed by atoms with E-state index in [1.165, 1.54) is 36.0 Å². The van der Waals surface area contributed by atoms with E-state index in [1.54, 1.807) is 25.4 Å². The minimum absolute atomic E-state index is 0.0559. The molecule has 0 spiro atoms. The van der Waals surface area contributed by atoms with Crippen molar-refractivity contribution in [2.45, 2.75) is 17.0 Å². The van der Waals surface area contributed by atoms with Gasteiger partial charge in [0.25, 0.3) is 10.0 Å². The number of hydrogen-bond acceptors (Lipinski definition) is 9. The van der Waals surface area contributed by atoms with Crippen LogP contribution in [0.3, 0.4) is 0 Å². The molecule has 0 saturated heterocycles. The first kappa shape index (κ1) is 19.2. The van der Waals surface area contributed by atoms with Gasteiger partial charge in [-0.3, -0.25) is 9.52 Å². The van der Waals surface area contributed by atoms with Crippen molar-refractivity contribution in [1.82, 2.24) is 20.2 Å². The fourth-order valence-corrected chi connectivity index (χ4v) is 4.34. The average Bonchev–Trinajstić information content (AvgIpc) is 3.05. The topological polar surface area (TPSA) is 127 Å². The first-order valence-electron chi connectivity index (χ1n) is 7.55. The molecule has 3 aromatic rings. The number of hydrogen-bond donors (Lipinski definition) is 2. The van der Waals surface area contributed by atoms with Crippen LogP contribution in [0.4, 0.5) is 10.8 Å². The number of nitrogens with zero attached hydrogens (tertiary/aromatic N) is 4. The zero-order valence-electron chi connectivity index (χ0n) is 14.0. The number of thioether (sulfide) groups is 1. The third-order valence-corrected chi connectivity index (χ3v) is 6.18. The second-order valence-electron chi connectivity index (χ2n) is 5.12. The highest BCUT2D eigenvalue weighted by atomic mass is 32.2. The van der Waals surface area contributed by atoms with Crippen LogP contribution in [0.1, 0.15) is 5.01 Å². The summed E-state index contributed by atoms with van der Waals surface area (Å²) < 4.78 is 27.0. The number of amides is 1. The van der Waals surface area contributed by atoms with E-state index >= 15 is 0 Å². The van der Waals surface area contributed by atoms with Crippen molar-refractivity contribution in [3.63, 3.8) is 0 Å². The van der Waals surface area contributed by atoms with Gasteiger partial charge in [0.2, 0.25) is 11.0 Å². The lowest BCUT2D eigenvalue weighted by molar-refractivity contribution is -0.113. The first-order chi connectivity index (χ1) is 12.9. The van der Waals surface area contributed by atoms with E-state index in [1.807, 2.05) is 0 Å². The summed E-state index contributed by atoms with van der Waals surface area (Å²) in [6.45, 7) is 1.73. The first-order valence-corrected chi connectivity index (χ1v) is 10.8. The normalized spacial score (nSPS) is 11.1. The van der Waals surface area contributed by atoms with E-state index in [4.69, 9.17) is 0 Å². The highest BCUT2D eigenvalue weighted by Crippen LogP contribution is 2.21. The molecule has 0 atom stereocenters. The van der Waals surface area contributed by atoms with Crippen LogP contribution in [0.25, 0.3) is 0 Å². The molecule has 2 heterocycles. The number of aryl methyl sites for hydroxylation is 1. The Hall–Kier alpha value is -2.57. The standard InChI is InChI=1S/C15H14N6O3S3/c1-10-19-20-15(26-10)21-27(23,24)12-5-3-11(4-6-12)18-13(22)9-25-14-16-7-2-8-17-14/h2-8H,9H2,1H3,(H,18,22)(H,20,21). The van der Waals surface area contributed by atoms with Crippen molar-refractivity contribution < 1.29 is 13.2 Å². The lowest BCUT2D eigenvalue weighted by atomic mass is 10.3. The number of rotatable bonds is 7. The van der Waals surface area contributed by atoms with E-state index in [9.17, 15) is 13.2 Å². The van der Waals surface area contributed by atoms with E-state index in [-0.39, 0.29) is 21.7 Å². The van der Waals surface area contributed by atoms with Gasteiger partial charge in [0, 0.05) is 18.1 Å². The zero-order chi connectivity index (χ0) is 19.3. The fourth-order valence-electron chi connectivity index (χ4n) is 1.92. The summed E-state index contributed by atoms with van der Waals surface area (Å²) in [6.07, 6.45) is 3.20. The molecule has 0 aliphatic heterocycles. The molecule has 1 amide bonds. The number of carbonyl (C=O) groups is 1. The monoisotopic (exact) mass is 422 g/mol. The molecule has 3 rings (SSSR count). The summed E-state index contributed by atoms with van der Waals surface area (Å²) in [5.74, 6) is -0.104. The van der Waals surface area contributed by atoms with Crippen molar-refractivity contribution in [3.05, 3.63) is 47.7 Å². The summed E-state index contributed by atoms with van der Waals surface area (Å²) in [5.41, 5.74) is 0.486. The van der Waals surface area contributed by atoms with Crippen LogP contribution in [0, 0.1) is 6.92 Å². The van der Waals surface area contributed by atoms with Crippen molar-refractivity contribution in [1.29, 1.82) is 0 Å². The average molecular weight is 423 g/mol. The Kier molecular flexibility index (Phi) is 5.98. The van der Waals surface area contributed by atoms with Crippen LogP contribution in [-0.4, -0.2) is 40.2 Å². The molecule has 0 fully saturated rings. The number of aromatic nitrogens is 4.